The lowest BCUT2D eigenvalue weighted by Gasteiger charge is -2.26. The van der Waals surface area contributed by atoms with Gasteiger partial charge in [-0.3, -0.25) is 9.59 Å². The van der Waals surface area contributed by atoms with Gasteiger partial charge in [-0.15, -0.1) is 0 Å². The van der Waals surface area contributed by atoms with Gasteiger partial charge in [-0.2, -0.15) is 0 Å². The molecule has 23 heavy (non-hydrogen) atoms. The normalized spacial score (nSPS) is 14.9. The first-order valence-electron chi connectivity index (χ1n) is 7.74. The summed E-state index contributed by atoms with van der Waals surface area (Å²) < 4.78 is 0. The molecule has 0 saturated carbocycles. The topological polar surface area (TPSA) is 78.4 Å². The molecule has 0 heterocycles. The van der Waals surface area contributed by atoms with Crippen LogP contribution in [0.15, 0.2) is 24.3 Å². The van der Waals surface area contributed by atoms with E-state index in [1.807, 2.05) is 27.7 Å². The van der Waals surface area contributed by atoms with Crippen LogP contribution in [-0.4, -0.2) is 35.6 Å². The molecule has 0 aromatic heterocycles. The van der Waals surface area contributed by atoms with Crippen molar-refractivity contribution < 1.29 is 14.7 Å². The van der Waals surface area contributed by atoms with Crippen molar-refractivity contribution in [2.24, 2.45) is 11.8 Å². The van der Waals surface area contributed by atoms with E-state index in [1.54, 1.807) is 24.3 Å². The zero-order valence-corrected chi connectivity index (χ0v) is 14.7. The number of carbonyl (C=O) groups is 2. The monoisotopic (exact) mass is 340 g/mol. The summed E-state index contributed by atoms with van der Waals surface area (Å²) in [6.07, 6.45) is 0. The summed E-state index contributed by atoms with van der Waals surface area (Å²) in [5.41, 5.74) is 0.449. The number of halogens is 1. The Hall–Kier alpha value is -1.59. The van der Waals surface area contributed by atoms with Gasteiger partial charge in [-0.25, -0.2) is 0 Å². The van der Waals surface area contributed by atoms with Crippen molar-refractivity contribution in [1.82, 2.24) is 10.6 Å². The zero-order valence-electron chi connectivity index (χ0n) is 14.0. The molecule has 1 aromatic carbocycles. The van der Waals surface area contributed by atoms with E-state index in [0.29, 0.717) is 10.6 Å². The SMILES string of the molecule is CC(C)C(NC(=O)c1ccc(Cl)cc1)C(=O)NC(C)C(C)CO. The van der Waals surface area contributed by atoms with Crippen molar-refractivity contribution >= 4 is 23.4 Å². The predicted octanol–water partition coefficient (Wildman–Crippen LogP) is 2.23. The van der Waals surface area contributed by atoms with Crippen molar-refractivity contribution in [2.75, 3.05) is 6.61 Å². The fourth-order valence-electron chi connectivity index (χ4n) is 1.98. The highest BCUT2D eigenvalue weighted by molar-refractivity contribution is 6.30. The van der Waals surface area contributed by atoms with E-state index in [2.05, 4.69) is 10.6 Å². The van der Waals surface area contributed by atoms with Gasteiger partial charge in [0.2, 0.25) is 5.91 Å². The van der Waals surface area contributed by atoms with Crippen LogP contribution in [0.2, 0.25) is 5.02 Å². The molecular weight excluding hydrogens is 316 g/mol. The molecule has 1 aromatic rings. The van der Waals surface area contributed by atoms with Gasteiger partial charge in [0, 0.05) is 23.2 Å². The number of amides is 2. The molecule has 3 unspecified atom stereocenters. The number of aliphatic hydroxyl groups excluding tert-OH is 1. The first kappa shape index (κ1) is 19.5. The molecule has 0 radical (unpaired) electrons. The molecule has 0 aliphatic rings. The first-order chi connectivity index (χ1) is 10.8. The van der Waals surface area contributed by atoms with Crippen LogP contribution in [0.25, 0.3) is 0 Å². The molecule has 0 saturated heterocycles. The Kier molecular flexibility index (Phi) is 7.52. The summed E-state index contributed by atoms with van der Waals surface area (Å²) in [6.45, 7) is 7.41. The molecule has 3 atom stereocenters. The van der Waals surface area contributed by atoms with Gasteiger partial charge in [-0.1, -0.05) is 32.4 Å². The number of aliphatic hydroxyl groups is 1. The lowest BCUT2D eigenvalue weighted by atomic mass is 10.00. The molecule has 1 rings (SSSR count). The zero-order chi connectivity index (χ0) is 17.6. The number of rotatable bonds is 7. The van der Waals surface area contributed by atoms with Gasteiger partial charge in [0.05, 0.1) is 0 Å². The van der Waals surface area contributed by atoms with Crippen molar-refractivity contribution in [1.29, 1.82) is 0 Å². The summed E-state index contributed by atoms with van der Waals surface area (Å²) >= 11 is 5.81. The van der Waals surface area contributed by atoms with Gasteiger partial charge in [0.15, 0.2) is 0 Å². The van der Waals surface area contributed by atoms with Gasteiger partial charge in [-0.05, 0) is 43.0 Å². The molecule has 5 nitrogen and oxygen atoms in total. The van der Waals surface area contributed by atoms with Gasteiger partial charge in [0.25, 0.3) is 5.91 Å². The van der Waals surface area contributed by atoms with Crippen LogP contribution in [0.1, 0.15) is 38.1 Å². The van der Waals surface area contributed by atoms with E-state index in [-0.39, 0.29) is 36.3 Å². The minimum absolute atomic E-state index is 0.00900. The third-order valence-electron chi connectivity index (χ3n) is 3.85. The Morgan fingerprint density at radius 2 is 1.65 bits per heavy atom. The number of carbonyl (C=O) groups excluding carboxylic acids is 2. The van der Waals surface area contributed by atoms with Crippen LogP contribution in [0.4, 0.5) is 0 Å². The largest absolute Gasteiger partial charge is 0.396 e. The molecule has 6 heteroatoms. The number of hydrogen-bond donors (Lipinski definition) is 3. The average Bonchev–Trinajstić information content (AvgIpc) is 2.51. The summed E-state index contributed by atoms with van der Waals surface area (Å²) in [6, 6.07) is 5.66. The molecule has 0 bridgehead atoms. The van der Waals surface area contributed by atoms with E-state index in [1.165, 1.54) is 0 Å². The molecule has 0 aliphatic carbocycles. The van der Waals surface area contributed by atoms with Crippen molar-refractivity contribution in [3.05, 3.63) is 34.9 Å². The molecule has 2 amide bonds. The highest BCUT2D eigenvalue weighted by Crippen LogP contribution is 2.11. The fraction of sp³-hybridized carbons (Fsp3) is 0.529. The summed E-state index contributed by atoms with van der Waals surface area (Å²) in [5.74, 6) is -0.699. The second kappa shape index (κ2) is 8.89. The number of hydrogen-bond acceptors (Lipinski definition) is 3. The van der Waals surface area contributed by atoms with Gasteiger partial charge >= 0.3 is 0 Å². The standard InChI is InChI=1S/C17H25ClN2O3/c1-10(2)15(17(23)19-12(4)11(3)9-21)20-16(22)13-5-7-14(18)8-6-13/h5-8,10-12,15,21H,9H2,1-4H3,(H,19,23)(H,20,22). The van der Waals surface area contributed by atoms with Crippen LogP contribution < -0.4 is 10.6 Å². The maximum Gasteiger partial charge on any atom is 0.251 e. The van der Waals surface area contributed by atoms with E-state index in [9.17, 15) is 9.59 Å². The summed E-state index contributed by atoms with van der Waals surface area (Å²) in [4.78, 5) is 24.7. The fourth-order valence-corrected chi connectivity index (χ4v) is 2.10. The van der Waals surface area contributed by atoms with E-state index < -0.39 is 6.04 Å². The van der Waals surface area contributed by atoms with Crippen molar-refractivity contribution in [2.45, 2.75) is 39.8 Å². The lowest BCUT2D eigenvalue weighted by Crippen LogP contribution is -2.52. The minimum atomic E-state index is -0.647. The molecular formula is C17H25ClN2O3. The van der Waals surface area contributed by atoms with Crippen LogP contribution >= 0.6 is 11.6 Å². The Morgan fingerprint density at radius 3 is 2.13 bits per heavy atom. The quantitative estimate of drug-likeness (QED) is 0.712. The Morgan fingerprint density at radius 1 is 1.09 bits per heavy atom. The van der Waals surface area contributed by atoms with E-state index >= 15 is 0 Å². The Bertz CT molecular complexity index is 531. The summed E-state index contributed by atoms with van der Waals surface area (Å²) in [7, 11) is 0. The minimum Gasteiger partial charge on any atom is -0.396 e. The van der Waals surface area contributed by atoms with Crippen LogP contribution in [0, 0.1) is 11.8 Å². The molecule has 128 valence electrons. The van der Waals surface area contributed by atoms with E-state index in [0.717, 1.165) is 0 Å². The predicted molar refractivity (Wildman–Crippen MR) is 91.4 cm³/mol. The maximum atomic E-state index is 12.4. The second-order valence-electron chi connectivity index (χ2n) is 6.16. The third-order valence-corrected chi connectivity index (χ3v) is 4.11. The Balaban J connectivity index is 2.76. The lowest BCUT2D eigenvalue weighted by molar-refractivity contribution is -0.125. The summed E-state index contributed by atoms with van der Waals surface area (Å²) in [5, 5.41) is 15.3. The van der Waals surface area contributed by atoms with Crippen LogP contribution in [0.3, 0.4) is 0 Å². The average molecular weight is 341 g/mol. The molecule has 0 spiro atoms. The van der Waals surface area contributed by atoms with Crippen LogP contribution in [-0.2, 0) is 4.79 Å². The maximum absolute atomic E-state index is 12.4. The highest BCUT2D eigenvalue weighted by Gasteiger charge is 2.26. The first-order valence-corrected chi connectivity index (χ1v) is 8.11. The van der Waals surface area contributed by atoms with Crippen molar-refractivity contribution in [3.8, 4) is 0 Å². The van der Waals surface area contributed by atoms with Gasteiger partial charge in [0.1, 0.15) is 6.04 Å². The van der Waals surface area contributed by atoms with Gasteiger partial charge < -0.3 is 15.7 Å². The van der Waals surface area contributed by atoms with Crippen LogP contribution in [0.5, 0.6) is 0 Å². The highest BCUT2D eigenvalue weighted by atomic mass is 35.5. The molecule has 0 aliphatic heterocycles. The number of benzene rings is 1. The van der Waals surface area contributed by atoms with E-state index in [4.69, 9.17) is 16.7 Å². The molecule has 0 fully saturated rings. The molecule has 3 N–H and O–H groups in total. The van der Waals surface area contributed by atoms with Crippen molar-refractivity contribution in [3.63, 3.8) is 0 Å². The Labute approximate surface area is 142 Å². The second-order valence-corrected chi connectivity index (χ2v) is 6.60. The third kappa shape index (κ3) is 5.84. The number of nitrogens with one attached hydrogen (secondary N) is 2. The smallest absolute Gasteiger partial charge is 0.251 e.